The van der Waals surface area contributed by atoms with Crippen LogP contribution in [0.5, 0.6) is 5.75 Å². The molecular weight excluding hydrogens is 236 g/mol. The molecule has 0 spiro atoms. The quantitative estimate of drug-likeness (QED) is 0.767. The lowest BCUT2D eigenvalue weighted by Crippen LogP contribution is -1.95. The van der Waals surface area contributed by atoms with Gasteiger partial charge in [0.05, 0.1) is 0 Å². The van der Waals surface area contributed by atoms with Gasteiger partial charge in [0.25, 0.3) is 0 Å². The molecule has 1 aromatic heterocycles. The summed E-state index contributed by atoms with van der Waals surface area (Å²) in [5, 5.41) is 1.12. The molecule has 0 amide bonds. The van der Waals surface area contributed by atoms with Crippen LogP contribution in [-0.4, -0.2) is 4.98 Å². The second kappa shape index (κ2) is 6.28. The van der Waals surface area contributed by atoms with Gasteiger partial charge in [0.1, 0.15) is 0 Å². The Morgan fingerprint density at radius 3 is 2.39 bits per heavy atom. The molecule has 0 saturated heterocycles. The maximum absolute atomic E-state index is 13.4. The van der Waals surface area contributed by atoms with Crippen LogP contribution in [0.4, 0.5) is 8.92 Å². The molecule has 4 heteroatoms. The maximum atomic E-state index is 13.4. The van der Waals surface area contributed by atoms with Gasteiger partial charge < -0.3 is 0 Å². The Morgan fingerprint density at radius 1 is 1.17 bits per heavy atom. The molecule has 0 saturated carbocycles. The van der Waals surface area contributed by atoms with Gasteiger partial charge >= 0.3 is 0 Å². The van der Waals surface area contributed by atoms with Crippen LogP contribution >= 0.6 is 0 Å². The highest BCUT2D eigenvalue weighted by Gasteiger charge is 2.15. The molecule has 2 nitrogen and oxygen atoms in total. The third-order valence-corrected chi connectivity index (χ3v) is 2.56. The summed E-state index contributed by atoms with van der Waals surface area (Å²) >= 11 is 0. The molecule has 0 fully saturated rings. The van der Waals surface area contributed by atoms with Gasteiger partial charge in [-0.1, -0.05) is 27.7 Å². The molecule has 0 aliphatic rings. The lowest BCUT2D eigenvalue weighted by molar-refractivity contribution is -0.00863. The third kappa shape index (κ3) is 2.58. The third-order valence-electron chi connectivity index (χ3n) is 2.56. The predicted molar refractivity (Wildman–Crippen MR) is 68.9 cm³/mol. The van der Waals surface area contributed by atoms with E-state index in [9.17, 15) is 8.92 Å². The number of hydrogen-bond acceptors (Lipinski definition) is 2. The highest BCUT2D eigenvalue weighted by Crippen LogP contribution is 2.34. The number of pyridine rings is 1. The Bertz CT molecular complexity index is 526. The summed E-state index contributed by atoms with van der Waals surface area (Å²) in [7, 11) is 0. The number of benzene rings is 1. The fraction of sp³-hybridized carbons (Fsp3) is 0.357. The number of rotatable bonds is 2. The van der Waals surface area contributed by atoms with E-state index in [0.717, 1.165) is 5.56 Å². The lowest BCUT2D eigenvalue weighted by Gasteiger charge is -2.11. The van der Waals surface area contributed by atoms with Gasteiger partial charge in [0.2, 0.25) is 5.75 Å². The zero-order valence-electron chi connectivity index (χ0n) is 11.0. The minimum absolute atomic E-state index is 0.117. The monoisotopic (exact) mass is 253 g/mol. The molecule has 18 heavy (non-hydrogen) atoms. The molecule has 1 heterocycles. The number of nitrogens with zero attached hydrogens (tertiary/aromatic N) is 1. The first kappa shape index (κ1) is 14.4. The van der Waals surface area contributed by atoms with Crippen LogP contribution in [0, 0.1) is 5.82 Å². The molecule has 0 unspecified atom stereocenters. The molecule has 2 aromatic rings. The van der Waals surface area contributed by atoms with Crippen LogP contribution in [0.3, 0.4) is 0 Å². The van der Waals surface area contributed by atoms with Crippen LogP contribution in [-0.2, 0) is 0 Å². The number of fused-ring (bicyclic) bond motifs is 1. The molecule has 0 aliphatic carbocycles. The minimum Gasteiger partial charge on any atom is -0.291 e. The SMILES string of the molecule is CC.CC(C)c1cncc2ccc(F)c(OF)c12. The summed E-state index contributed by atoms with van der Waals surface area (Å²) in [5.74, 6) is -0.946. The summed E-state index contributed by atoms with van der Waals surface area (Å²) in [6, 6.07) is 2.73. The zero-order valence-corrected chi connectivity index (χ0v) is 11.0. The molecule has 0 atom stereocenters. The van der Waals surface area contributed by atoms with Crippen molar-refractivity contribution in [2.45, 2.75) is 33.6 Å². The van der Waals surface area contributed by atoms with E-state index in [1.54, 1.807) is 18.5 Å². The van der Waals surface area contributed by atoms with E-state index in [0.29, 0.717) is 10.8 Å². The summed E-state index contributed by atoms with van der Waals surface area (Å²) in [6.07, 6.45) is 3.16. The average molecular weight is 253 g/mol. The molecule has 0 aliphatic heterocycles. The van der Waals surface area contributed by atoms with Crippen LogP contribution in [0.2, 0.25) is 0 Å². The van der Waals surface area contributed by atoms with Crippen molar-refractivity contribution in [3.63, 3.8) is 0 Å². The van der Waals surface area contributed by atoms with Gasteiger partial charge in [0.15, 0.2) is 5.82 Å². The molecule has 2 rings (SSSR count). The lowest BCUT2D eigenvalue weighted by atomic mass is 9.98. The first-order valence-corrected chi connectivity index (χ1v) is 6.00. The maximum Gasteiger partial charge on any atom is 0.215 e. The smallest absolute Gasteiger partial charge is 0.215 e. The van der Waals surface area contributed by atoms with E-state index in [1.807, 2.05) is 27.7 Å². The van der Waals surface area contributed by atoms with Crippen molar-refractivity contribution in [1.29, 1.82) is 0 Å². The molecule has 0 radical (unpaired) electrons. The van der Waals surface area contributed by atoms with Gasteiger partial charge in [-0.15, -0.1) is 0 Å². The number of hydrogen-bond donors (Lipinski definition) is 0. The van der Waals surface area contributed by atoms with Gasteiger partial charge in [0, 0.05) is 27.7 Å². The van der Waals surface area contributed by atoms with Gasteiger partial charge in [-0.3, -0.25) is 9.93 Å². The van der Waals surface area contributed by atoms with E-state index >= 15 is 0 Å². The van der Waals surface area contributed by atoms with Crippen molar-refractivity contribution in [2.24, 2.45) is 0 Å². The van der Waals surface area contributed by atoms with E-state index < -0.39 is 5.82 Å². The van der Waals surface area contributed by atoms with Crippen LogP contribution in [0.25, 0.3) is 10.8 Å². The van der Waals surface area contributed by atoms with Crippen LogP contribution < -0.4 is 4.94 Å². The van der Waals surface area contributed by atoms with Crippen molar-refractivity contribution in [2.75, 3.05) is 0 Å². The van der Waals surface area contributed by atoms with Crippen LogP contribution in [0.1, 0.15) is 39.2 Å². The van der Waals surface area contributed by atoms with Gasteiger partial charge in [-0.25, -0.2) is 4.39 Å². The summed E-state index contributed by atoms with van der Waals surface area (Å²) in [4.78, 5) is 7.68. The van der Waals surface area contributed by atoms with Crippen molar-refractivity contribution >= 4 is 10.8 Å². The van der Waals surface area contributed by atoms with Crippen molar-refractivity contribution < 1.29 is 13.9 Å². The predicted octanol–water partition coefficient (Wildman–Crippen LogP) is 4.79. The second-order valence-electron chi connectivity index (χ2n) is 3.94. The molecular formula is C14H17F2NO. The van der Waals surface area contributed by atoms with Crippen LogP contribution in [0.15, 0.2) is 24.5 Å². The average Bonchev–Trinajstić information content (AvgIpc) is 2.40. The Morgan fingerprint density at radius 2 is 1.83 bits per heavy atom. The highest BCUT2D eigenvalue weighted by molar-refractivity contribution is 5.91. The van der Waals surface area contributed by atoms with Crippen molar-refractivity contribution in [3.05, 3.63) is 35.9 Å². The minimum atomic E-state index is -0.705. The first-order chi connectivity index (χ1) is 8.65. The van der Waals surface area contributed by atoms with Gasteiger partial charge in [-0.2, -0.15) is 0 Å². The Kier molecular flexibility index (Phi) is 5.01. The zero-order chi connectivity index (χ0) is 13.7. The first-order valence-electron chi connectivity index (χ1n) is 6.00. The fourth-order valence-electron chi connectivity index (χ4n) is 1.75. The number of aromatic nitrogens is 1. The molecule has 1 aromatic carbocycles. The van der Waals surface area contributed by atoms with Crippen molar-refractivity contribution in [3.8, 4) is 5.75 Å². The standard InChI is InChI=1S/C12H11F2NO.C2H6/c1-7(2)9-6-15-5-8-3-4-10(13)12(16-14)11(8)9;1-2/h3-7H,1-2H3;1-2H3. The second-order valence-corrected chi connectivity index (χ2v) is 3.94. The summed E-state index contributed by atoms with van der Waals surface area (Å²) in [6.45, 7) is 7.87. The normalized spacial score (nSPS) is 10.2. The largest absolute Gasteiger partial charge is 0.291 e. The van der Waals surface area contributed by atoms with E-state index in [1.165, 1.54) is 6.07 Å². The highest BCUT2D eigenvalue weighted by atomic mass is 19.3. The van der Waals surface area contributed by atoms with E-state index in [4.69, 9.17) is 0 Å². The summed E-state index contributed by atoms with van der Waals surface area (Å²) in [5.41, 5.74) is 0.768. The summed E-state index contributed by atoms with van der Waals surface area (Å²) < 4.78 is 25.8. The van der Waals surface area contributed by atoms with Gasteiger partial charge in [-0.05, 0) is 23.6 Å². The Labute approximate surface area is 106 Å². The Balaban J connectivity index is 0.000000771. The molecule has 98 valence electrons. The fourth-order valence-corrected chi connectivity index (χ4v) is 1.75. The molecule has 0 bridgehead atoms. The topological polar surface area (TPSA) is 22.1 Å². The van der Waals surface area contributed by atoms with Crippen molar-refractivity contribution in [1.82, 2.24) is 4.98 Å². The molecule has 0 N–H and O–H groups in total. The Hall–Kier alpha value is -1.71. The number of halogens is 2. The van der Waals surface area contributed by atoms with E-state index in [-0.39, 0.29) is 11.7 Å². The van der Waals surface area contributed by atoms with E-state index in [2.05, 4.69) is 9.93 Å².